The summed E-state index contributed by atoms with van der Waals surface area (Å²) in [7, 11) is 1.47. The average Bonchev–Trinajstić information content (AvgIpc) is 2.95. The van der Waals surface area contributed by atoms with E-state index in [1.54, 1.807) is 13.0 Å². The van der Waals surface area contributed by atoms with Crippen molar-refractivity contribution in [3.63, 3.8) is 0 Å². The number of phenolic OH excluding ortho intramolecular Hbond substituents is 1. The van der Waals surface area contributed by atoms with E-state index in [0.29, 0.717) is 23.9 Å². The molecule has 122 valence electrons. The van der Waals surface area contributed by atoms with Crippen LogP contribution in [0.5, 0.6) is 11.5 Å². The molecule has 0 radical (unpaired) electrons. The maximum atomic E-state index is 12.5. The second-order valence-electron chi connectivity index (χ2n) is 5.57. The number of nitrogens with one attached hydrogen (secondary N) is 1. The van der Waals surface area contributed by atoms with Crippen molar-refractivity contribution in [1.29, 1.82) is 0 Å². The van der Waals surface area contributed by atoms with Crippen molar-refractivity contribution < 1.29 is 14.6 Å². The summed E-state index contributed by atoms with van der Waals surface area (Å²) in [5, 5.41) is 13.2. The largest absolute Gasteiger partial charge is 0.505 e. The van der Waals surface area contributed by atoms with Crippen molar-refractivity contribution in [3.8, 4) is 11.5 Å². The number of likely N-dealkylation sites (tertiary alicyclic amines) is 1. The highest BCUT2D eigenvalue weighted by molar-refractivity contribution is 6.33. The molecule has 1 amide bonds. The third-order valence-electron chi connectivity index (χ3n) is 4.23. The molecule has 0 unspecified atom stereocenters. The van der Waals surface area contributed by atoms with Crippen LogP contribution in [-0.2, 0) is 0 Å². The van der Waals surface area contributed by atoms with Crippen LogP contribution in [0.15, 0.2) is 6.07 Å². The first-order chi connectivity index (χ1) is 10.5. The standard InChI is InChI=1S/C16H23ClN2O3/c1-4-19-7-5-6-11(19)9-18-16(21)13-14(20)12(17)8-10(2)15(13)22-3/h8,11,20H,4-7,9H2,1-3H3,(H,18,21)/t11-/m0/s1. The molecule has 1 heterocycles. The Bertz CT molecular complexity index is 563. The van der Waals surface area contributed by atoms with Crippen LogP contribution in [0.3, 0.4) is 0 Å². The van der Waals surface area contributed by atoms with Gasteiger partial charge in [-0.25, -0.2) is 0 Å². The van der Waals surface area contributed by atoms with E-state index in [2.05, 4.69) is 17.1 Å². The normalized spacial score (nSPS) is 18.5. The Hall–Kier alpha value is -1.46. The number of rotatable bonds is 5. The van der Waals surface area contributed by atoms with Crippen molar-refractivity contribution in [2.75, 3.05) is 26.7 Å². The summed E-state index contributed by atoms with van der Waals surface area (Å²) >= 11 is 5.97. The van der Waals surface area contributed by atoms with Gasteiger partial charge in [0.1, 0.15) is 11.3 Å². The lowest BCUT2D eigenvalue weighted by atomic mass is 10.1. The molecule has 1 aliphatic rings. The minimum atomic E-state index is -0.358. The lowest BCUT2D eigenvalue weighted by molar-refractivity contribution is 0.0935. The van der Waals surface area contributed by atoms with Gasteiger partial charge < -0.3 is 15.2 Å². The number of hydrogen-bond donors (Lipinski definition) is 2. The molecule has 1 aromatic rings. The first-order valence-corrected chi connectivity index (χ1v) is 7.95. The van der Waals surface area contributed by atoms with Gasteiger partial charge in [0.15, 0.2) is 5.75 Å². The van der Waals surface area contributed by atoms with Crippen LogP contribution in [0.2, 0.25) is 5.02 Å². The predicted molar refractivity (Wildman–Crippen MR) is 87.0 cm³/mol. The molecule has 0 bridgehead atoms. The predicted octanol–water partition coefficient (Wildman–Crippen LogP) is 2.58. The number of carbonyl (C=O) groups excluding carboxylic acids is 1. The third-order valence-corrected chi connectivity index (χ3v) is 4.51. The SMILES string of the molecule is CCN1CCC[C@H]1CNC(=O)c1c(O)c(Cl)cc(C)c1OC. The van der Waals surface area contributed by atoms with Crippen molar-refractivity contribution in [1.82, 2.24) is 10.2 Å². The minimum Gasteiger partial charge on any atom is -0.505 e. The summed E-state index contributed by atoms with van der Waals surface area (Å²) in [4.78, 5) is 14.8. The Morgan fingerprint density at radius 2 is 2.32 bits per heavy atom. The van der Waals surface area contributed by atoms with E-state index in [0.717, 1.165) is 25.9 Å². The molecule has 0 saturated carbocycles. The summed E-state index contributed by atoms with van der Waals surface area (Å²) in [6.45, 7) is 6.51. The number of hydrogen-bond acceptors (Lipinski definition) is 4. The maximum absolute atomic E-state index is 12.5. The number of phenols is 1. The van der Waals surface area contributed by atoms with Gasteiger partial charge in [0.2, 0.25) is 0 Å². The lowest BCUT2D eigenvalue weighted by Crippen LogP contribution is -2.40. The fourth-order valence-corrected chi connectivity index (χ4v) is 3.32. The molecular formula is C16H23ClN2O3. The van der Waals surface area contributed by atoms with Gasteiger partial charge in [0.25, 0.3) is 5.91 Å². The second-order valence-corrected chi connectivity index (χ2v) is 5.97. The number of aromatic hydroxyl groups is 1. The Morgan fingerprint density at radius 1 is 1.59 bits per heavy atom. The van der Waals surface area contributed by atoms with Crippen LogP contribution in [0.4, 0.5) is 0 Å². The number of likely N-dealkylation sites (N-methyl/N-ethyl adjacent to an activating group) is 1. The van der Waals surface area contributed by atoms with Gasteiger partial charge in [-0.1, -0.05) is 18.5 Å². The van der Waals surface area contributed by atoms with E-state index in [1.165, 1.54) is 7.11 Å². The fraction of sp³-hybridized carbons (Fsp3) is 0.562. The number of nitrogens with zero attached hydrogens (tertiary/aromatic N) is 1. The number of aryl methyl sites for hydroxylation is 1. The van der Waals surface area contributed by atoms with Crippen LogP contribution < -0.4 is 10.1 Å². The van der Waals surface area contributed by atoms with Crippen molar-refractivity contribution >= 4 is 17.5 Å². The first kappa shape index (κ1) is 16.9. The van der Waals surface area contributed by atoms with Gasteiger partial charge in [-0.05, 0) is 44.5 Å². The smallest absolute Gasteiger partial charge is 0.258 e. The number of amides is 1. The molecule has 0 aromatic heterocycles. The molecule has 1 fully saturated rings. The molecule has 1 saturated heterocycles. The van der Waals surface area contributed by atoms with E-state index in [9.17, 15) is 9.90 Å². The number of carbonyl (C=O) groups is 1. The molecule has 22 heavy (non-hydrogen) atoms. The highest BCUT2D eigenvalue weighted by atomic mass is 35.5. The second kappa shape index (κ2) is 7.20. The Kier molecular flexibility index (Phi) is 5.53. The van der Waals surface area contributed by atoms with Crippen molar-refractivity contribution in [3.05, 3.63) is 22.2 Å². The Morgan fingerprint density at radius 3 is 2.95 bits per heavy atom. The van der Waals surface area contributed by atoms with Crippen LogP contribution in [0.25, 0.3) is 0 Å². The number of halogens is 1. The molecular weight excluding hydrogens is 304 g/mol. The van der Waals surface area contributed by atoms with Crippen LogP contribution in [-0.4, -0.2) is 48.7 Å². The van der Waals surface area contributed by atoms with Gasteiger partial charge >= 0.3 is 0 Å². The monoisotopic (exact) mass is 326 g/mol. The van der Waals surface area contributed by atoms with Crippen LogP contribution in [0, 0.1) is 6.92 Å². The molecule has 2 rings (SSSR count). The van der Waals surface area contributed by atoms with E-state index < -0.39 is 0 Å². The molecule has 1 aromatic carbocycles. The first-order valence-electron chi connectivity index (χ1n) is 7.57. The summed E-state index contributed by atoms with van der Waals surface area (Å²) in [5.74, 6) is -0.235. The van der Waals surface area contributed by atoms with Crippen LogP contribution >= 0.6 is 11.6 Å². The van der Waals surface area contributed by atoms with Crippen molar-refractivity contribution in [2.24, 2.45) is 0 Å². The molecule has 1 aliphatic heterocycles. The maximum Gasteiger partial charge on any atom is 0.258 e. The Labute approximate surface area is 136 Å². The van der Waals surface area contributed by atoms with Gasteiger partial charge in [-0.15, -0.1) is 0 Å². The van der Waals surface area contributed by atoms with E-state index in [4.69, 9.17) is 16.3 Å². The molecule has 5 nitrogen and oxygen atoms in total. The summed E-state index contributed by atoms with van der Waals surface area (Å²) in [5.41, 5.74) is 0.819. The zero-order chi connectivity index (χ0) is 16.3. The van der Waals surface area contributed by atoms with Crippen LogP contribution in [0.1, 0.15) is 35.7 Å². The number of ether oxygens (including phenoxy) is 1. The zero-order valence-corrected chi connectivity index (χ0v) is 14.0. The Balaban J connectivity index is 2.16. The van der Waals surface area contributed by atoms with E-state index >= 15 is 0 Å². The summed E-state index contributed by atoms with van der Waals surface area (Å²) in [6.07, 6.45) is 2.23. The topological polar surface area (TPSA) is 61.8 Å². The summed E-state index contributed by atoms with van der Waals surface area (Å²) < 4.78 is 5.26. The van der Waals surface area contributed by atoms with Gasteiger partial charge in [0, 0.05) is 12.6 Å². The lowest BCUT2D eigenvalue weighted by Gasteiger charge is -2.23. The molecule has 6 heteroatoms. The molecule has 2 N–H and O–H groups in total. The third kappa shape index (κ3) is 3.31. The molecule has 1 atom stereocenters. The summed E-state index contributed by atoms with van der Waals surface area (Å²) in [6, 6.07) is 1.94. The highest BCUT2D eigenvalue weighted by Gasteiger charge is 2.26. The van der Waals surface area contributed by atoms with E-state index in [-0.39, 0.29) is 22.2 Å². The minimum absolute atomic E-state index is 0.105. The average molecular weight is 327 g/mol. The fourth-order valence-electron chi connectivity index (χ4n) is 3.06. The van der Waals surface area contributed by atoms with Gasteiger partial charge in [0.05, 0.1) is 12.1 Å². The number of methoxy groups -OCH3 is 1. The highest BCUT2D eigenvalue weighted by Crippen LogP contribution is 2.37. The van der Waals surface area contributed by atoms with Crippen molar-refractivity contribution in [2.45, 2.75) is 32.7 Å². The molecule has 0 spiro atoms. The molecule has 0 aliphatic carbocycles. The zero-order valence-electron chi connectivity index (χ0n) is 13.3. The number of benzene rings is 1. The van der Waals surface area contributed by atoms with Gasteiger partial charge in [-0.3, -0.25) is 9.69 Å². The quantitative estimate of drug-likeness (QED) is 0.873. The van der Waals surface area contributed by atoms with Gasteiger partial charge in [-0.2, -0.15) is 0 Å². The van der Waals surface area contributed by atoms with E-state index in [1.807, 2.05) is 0 Å².